The van der Waals surface area contributed by atoms with Gasteiger partial charge < -0.3 is 5.32 Å². The number of hydrogen-bond donors (Lipinski definition) is 1. The van der Waals surface area contributed by atoms with Crippen molar-refractivity contribution in [2.24, 2.45) is 0 Å². The van der Waals surface area contributed by atoms with Gasteiger partial charge in [0.2, 0.25) is 5.91 Å². The molecule has 4 aromatic rings. The minimum absolute atomic E-state index is 0.307. The third-order valence-corrected chi connectivity index (χ3v) is 4.91. The lowest BCUT2D eigenvalue weighted by atomic mass is 10.0. The highest BCUT2D eigenvalue weighted by Crippen LogP contribution is 2.28. The fraction of sp³-hybridized carbons (Fsp3) is 0.0800. The van der Waals surface area contributed by atoms with E-state index in [1.807, 2.05) is 84.9 Å². The molecule has 0 radical (unpaired) electrons. The van der Waals surface area contributed by atoms with Crippen LogP contribution < -0.4 is 10.9 Å². The predicted octanol–water partition coefficient (Wildman–Crippen LogP) is 4.78. The molecule has 0 aliphatic heterocycles. The number of hydrogen-bond acceptors (Lipinski definition) is 3. The normalized spacial score (nSPS) is 11.6. The van der Waals surface area contributed by atoms with Crippen LogP contribution in [0.2, 0.25) is 0 Å². The number of carbonyl (C=O) groups is 1. The molecule has 0 aliphatic rings. The van der Waals surface area contributed by atoms with Gasteiger partial charge in [0, 0.05) is 22.9 Å². The van der Waals surface area contributed by atoms with E-state index in [2.05, 4.69) is 10.4 Å². The van der Waals surface area contributed by atoms with Crippen LogP contribution in [-0.2, 0) is 4.79 Å². The Bertz CT molecular complexity index is 1220. The number of amides is 1. The molecule has 1 unspecified atom stereocenters. The summed E-state index contributed by atoms with van der Waals surface area (Å²) in [7, 11) is 0. The molecule has 1 N–H and O–H groups in total. The van der Waals surface area contributed by atoms with Crippen molar-refractivity contribution in [2.45, 2.75) is 13.0 Å². The second-order valence-electron chi connectivity index (χ2n) is 6.94. The van der Waals surface area contributed by atoms with Crippen molar-refractivity contribution in [3.05, 3.63) is 107 Å². The number of rotatable bonds is 5. The summed E-state index contributed by atoms with van der Waals surface area (Å²) >= 11 is 0. The molecule has 3 aromatic carbocycles. The standard InChI is InChI=1S/C25H21N3O2/c1-18(28-24(29)17-16-22(27-28)20-12-6-3-7-13-20)25(30)26-23-15-9-8-14-21(23)19-10-4-2-5-11-19/h2-18H,1H3,(H,26,30). The minimum Gasteiger partial charge on any atom is -0.324 e. The van der Waals surface area contributed by atoms with Gasteiger partial charge in [-0.05, 0) is 24.6 Å². The summed E-state index contributed by atoms with van der Waals surface area (Å²) in [6, 6.07) is 29.3. The van der Waals surface area contributed by atoms with Gasteiger partial charge in [0.25, 0.3) is 5.56 Å². The molecule has 5 nitrogen and oxygen atoms in total. The van der Waals surface area contributed by atoms with Crippen LogP contribution in [0, 0.1) is 0 Å². The third kappa shape index (κ3) is 4.05. The second kappa shape index (κ2) is 8.57. The highest BCUT2D eigenvalue weighted by molar-refractivity contribution is 5.97. The molecule has 0 saturated heterocycles. The van der Waals surface area contributed by atoms with E-state index in [1.165, 1.54) is 10.7 Å². The molecule has 0 spiro atoms. The Morgan fingerprint density at radius 1 is 0.800 bits per heavy atom. The van der Waals surface area contributed by atoms with Crippen molar-refractivity contribution in [3.63, 3.8) is 0 Å². The Labute approximate surface area is 174 Å². The first-order valence-electron chi connectivity index (χ1n) is 9.74. The molecular formula is C25H21N3O2. The van der Waals surface area contributed by atoms with E-state index in [4.69, 9.17) is 0 Å². The fourth-order valence-corrected chi connectivity index (χ4v) is 3.28. The first-order valence-corrected chi connectivity index (χ1v) is 9.74. The van der Waals surface area contributed by atoms with E-state index >= 15 is 0 Å². The molecule has 5 heteroatoms. The minimum atomic E-state index is -0.773. The summed E-state index contributed by atoms with van der Waals surface area (Å²) in [6.07, 6.45) is 0. The Kier molecular flexibility index (Phi) is 5.52. The zero-order valence-corrected chi connectivity index (χ0v) is 16.5. The molecule has 1 atom stereocenters. The van der Waals surface area contributed by atoms with Gasteiger partial charge >= 0.3 is 0 Å². The summed E-state index contributed by atoms with van der Waals surface area (Å²) in [5, 5.41) is 7.38. The largest absolute Gasteiger partial charge is 0.324 e. The van der Waals surface area contributed by atoms with Crippen LogP contribution in [0.15, 0.2) is 102 Å². The van der Waals surface area contributed by atoms with Crippen molar-refractivity contribution < 1.29 is 4.79 Å². The van der Waals surface area contributed by atoms with Gasteiger partial charge in [-0.1, -0.05) is 78.9 Å². The summed E-state index contributed by atoms with van der Waals surface area (Å²) in [4.78, 5) is 25.4. The lowest BCUT2D eigenvalue weighted by Gasteiger charge is -2.17. The maximum absolute atomic E-state index is 13.0. The van der Waals surface area contributed by atoms with Crippen molar-refractivity contribution in [3.8, 4) is 22.4 Å². The first kappa shape index (κ1) is 19.3. The molecule has 0 bridgehead atoms. The van der Waals surface area contributed by atoms with E-state index in [1.54, 1.807) is 13.0 Å². The number of nitrogens with zero attached hydrogens (tertiary/aromatic N) is 2. The fourth-order valence-electron chi connectivity index (χ4n) is 3.28. The van der Waals surface area contributed by atoms with Crippen LogP contribution in [0.4, 0.5) is 5.69 Å². The molecule has 1 heterocycles. The Balaban J connectivity index is 1.62. The van der Waals surface area contributed by atoms with Gasteiger partial charge in [-0.2, -0.15) is 5.10 Å². The molecule has 0 aliphatic carbocycles. The van der Waals surface area contributed by atoms with Gasteiger partial charge in [0.1, 0.15) is 6.04 Å². The average molecular weight is 395 g/mol. The summed E-state index contributed by atoms with van der Waals surface area (Å²) in [5.74, 6) is -0.307. The van der Waals surface area contributed by atoms with Crippen LogP contribution >= 0.6 is 0 Å². The van der Waals surface area contributed by atoms with E-state index in [0.717, 1.165) is 16.7 Å². The van der Waals surface area contributed by atoms with E-state index in [9.17, 15) is 9.59 Å². The average Bonchev–Trinajstić information content (AvgIpc) is 2.80. The van der Waals surface area contributed by atoms with E-state index in [0.29, 0.717) is 11.4 Å². The summed E-state index contributed by atoms with van der Waals surface area (Å²) in [6.45, 7) is 1.67. The Morgan fingerprint density at radius 2 is 1.40 bits per heavy atom. The van der Waals surface area contributed by atoms with Crippen molar-refractivity contribution in [1.82, 2.24) is 9.78 Å². The van der Waals surface area contributed by atoms with Gasteiger partial charge in [0.15, 0.2) is 0 Å². The molecule has 0 saturated carbocycles. The van der Waals surface area contributed by atoms with Crippen LogP contribution in [-0.4, -0.2) is 15.7 Å². The summed E-state index contributed by atoms with van der Waals surface area (Å²) < 4.78 is 1.22. The molecule has 30 heavy (non-hydrogen) atoms. The monoisotopic (exact) mass is 395 g/mol. The SMILES string of the molecule is CC(C(=O)Nc1ccccc1-c1ccccc1)n1nc(-c2ccccc2)ccc1=O. The van der Waals surface area contributed by atoms with Gasteiger partial charge in [-0.25, -0.2) is 4.68 Å². The van der Waals surface area contributed by atoms with Gasteiger partial charge in [-0.15, -0.1) is 0 Å². The molecule has 4 rings (SSSR count). The Hall–Kier alpha value is -3.99. The number of anilines is 1. The number of para-hydroxylation sites is 1. The predicted molar refractivity (Wildman–Crippen MR) is 119 cm³/mol. The highest BCUT2D eigenvalue weighted by atomic mass is 16.2. The molecule has 148 valence electrons. The van der Waals surface area contributed by atoms with E-state index in [-0.39, 0.29) is 11.5 Å². The number of nitrogens with one attached hydrogen (secondary N) is 1. The maximum Gasteiger partial charge on any atom is 0.267 e. The molecule has 0 fully saturated rings. The van der Waals surface area contributed by atoms with Crippen molar-refractivity contribution in [1.29, 1.82) is 0 Å². The highest BCUT2D eigenvalue weighted by Gasteiger charge is 2.19. The number of carbonyl (C=O) groups excluding carboxylic acids is 1. The topological polar surface area (TPSA) is 64.0 Å². The van der Waals surface area contributed by atoms with Crippen molar-refractivity contribution in [2.75, 3.05) is 5.32 Å². The van der Waals surface area contributed by atoms with Gasteiger partial charge in [0.05, 0.1) is 5.69 Å². The molecule has 1 amide bonds. The molecule has 1 aromatic heterocycles. The zero-order chi connectivity index (χ0) is 20.9. The quantitative estimate of drug-likeness (QED) is 0.529. The first-order chi connectivity index (χ1) is 14.6. The lowest BCUT2D eigenvalue weighted by Crippen LogP contribution is -2.33. The summed E-state index contributed by atoms with van der Waals surface area (Å²) in [5.41, 5.74) is 3.80. The Morgan fingerprint density at radius 3 is 2.10 bits per heavy atom. The number of benzene rings is 3. The zero-order valence-electron chi connectivity index (χ0n) is 16.5. The van der Waals surface area contributed by atoms with E-state index < -0.39 is 6.04 Å². The third-order valence-electron chi connectivity index (χ3n) is 4.91. The second-order valence-corrected chi connectivity index (χ2v) is 6.94. The van der Waals surface area contributed by atoms with Crippen LogP contribution in [0.1, 0.15) is 13.0 Å². The maximum atomic E-state index is 13.0. The number of aromatic nitrogens is 2. The van der Waals surface area contributed by atoms with Gasteiger partial charge in [-0.3, -0.25) is 9.59 Å². The smallest absolute Gasteiger partial charge is 0.267 e. The van der Waals surface area contributed by atoms with Crippen molar-refractivity contribution >= 4 is 11.6 Å². The lowest BCUT2D eigenvalue weighted by molar-refractivity contribution is -0.119. The molecular weight excluding hydrogens is 374 g/mol. The van der Waals surface area contributed by atoms with Crippen LogP contribution in [0.5, 0.6) is 0 Å². The van der Waals surface area contributed by atoms with Crippen LogP contribution in [0.3, 0.4) is 0 Å². The van der Waals surface area contributed by atoms with Crippen LogP contribution in [0.25, 0.3) is 22.4 Å².